The first-order valence-electron chi connectivity index (χ1n) is 6.87. The first-order chi connectivity index (χ1) is 9.67. The van der Waals surface area contributed by atoms with Crippen molar-refractivity contribution in [3.8, 4) is 0 Å². The Morgan fingerprint density at radius 2 is 2.00 bits per heavy atom. The summed E-state index contributed by atoms with van der Waals surface area (Å²) in [5.41, 5.74) is 2.11. The van der Waals surface area contributed by atoms with Crippen LogP contribution in [0.5, 0.6) is 0 Å². The van der Waals surface area contributed by atoms with Gasteiger partial charge in [-0.05, 0) is 53.5 Å². The zero-order valence-corrected chi connectivity index (χ0v) is 13.3. The fourth-order valence-corrected chi connectivity index (χ4v) is 2.75. The molecule has 2 rings (SSSR count). The van der Waals surface area contributed by atoms with Crippen molar-refractivity contribution in [3.63, 3.8) is 0 Å². The van der Waals surface area contributed by atoms with Crippen LogP contribution in [0.2, 0.25) is 0 Å². The van der Waals surface area contributed by atoms with Gasteiger partial charge in [0.1, 0.15) is 5.82 Å². The number of nitrogens with zero attached hydrogens (tertiary/aromatic N) is 2. The number of halogens is 2. The Labute approximate surface area is 127 Å². The molecule has 0 fully saturated rings. The van der Waals surface area contributed by atoms with E-state index in [-0.39, 0.29) is 11.9 Å². The standard InChI is InChI=1S/C15H19BrFN3/c1-3-9-18-14(11-5-7-12(17)8-6-11)15-13(16)10-19-20(15)4-2/h5-8,10,14,18H,3-4,9H2,1-2H3. The number of rotatable bonds is 6. The lowest BCUT2D eigenvalue weighted by Crippen LogP contribution is -2.26. The lowest BCUT2D eigenvalue weighted by Gasteiger charge is -2.21. The van der Waals surface area contributed by atoms with Crippen LogP contribution in [0.3, 0.4) is 0 Å². The average molecular weight is 340 g/mol. The second kappa shape index (κ2) is 6.99. The molecule has 1 aromatic carbocycles. The topological polar surface area (TPSA) is 29.9 Å². The van der Waals surface area contributed by atoms with Gasteiger partial charge in [-0.3, -0.25) is 4.68 Å². The van der Waals surface area contributed by atoms with Gasteiger partial charge in [-0.2, -0.15) is 5.10 Å². The van der Waals surface area contributed by atoms with E-state index < -0.39 is 0 Å². The number of hydrogen-bond donors (Lipinski definition) is 1. The molecule has 1 atom stereocenters. The summed E-state index contributed by atoms with van der Waals surface area (Å²) in [6.45, 7) is 5.88. The van der Waals surface area contributed by atoms with E-state index in [0.29, 0.717) is 0 Å². The molecular formula is C15H19BrFN3. The van der Waals surface area contributed by atoms with Crippen LogP contribution in [0.1, 0.15) is 37.6 Å². The maximum absolute atomic E-state index is 13.1. The number of benzene rings is 1. The maximum atomic E-state index is 13.1. The molecule has 0 saturated carbocycles. The van der Waals surface area contributed by atoms with Crippen molar-refractivity contribution in [2.75, 3.05) is 6.54 Å². The Morgan fingerprint density at radius 1 is 1.30 bits per heavy atom. The number of aryl methyl sites for hydroxylation is 1. The normalized spacial score (nSPS) is 12.6. The van der Waals surface area contributed by atoms with E-state index in [1.807, 2.05) is 23.0 Å². The lowest BCUT2D eigenvalue weighted by atomic mass is 10.0. The Hall–Kier alpha value is -1.20. The van der Waals surface area contributed by atoms with Gasteiger partial charge in [-0.1, -0.05) is 19.1 Å². The third-order valence-corrected chi connectivity index (χ3v) is 3.82. The molecule has 0 bridgehead atoms. The molecule has 1 N–H and O–H groups in total. The first kappa shape index (κ1) is 15.2. The third kappa shape index (κ3) is 3.27. The summed E-state index contributed by atoms with van der Waals surface area (Å²) in [7, 11) is 0. The highest BCUT2D eigenvalue weighted by Gasteiger charge is 2.20. The van der Waals surface area contributed by atoms with Crippen molar-refractivity contribution in [1.82, 2.24) is 15.1 Å². The summed E-state index contributed by atoms with van der Waals surface area (Å²) in [6.07, 6.45) is 2.85. The van der Waals surface area contributed by atoms with Crippen LogP contribution in [-0.2, 0) is 6.54 Å². The summed E-state index contributed by atoms with van der Waals surface area (Å²) in [5, 5.41) is 7.87. The Kier molecular flexibility index (Phi) is 5.31. The summed E-state index contributed by atoms with van der Waals surface area (Å²) in [5.74, 6) is -0.217. The van der Waals surface area contributed by atoms with E-state index in [4.69, 9.17) is 0 Å². The number of aromatic nitrogens is 2. The van der Waals surface area contributed by atoms with Gasteiger partial charge in [0.15, 0.2) is 0 Å². The molecule has 1 heterocycles. The van der Waals surface area contributed by atoms with Crippen molar-refractivity contribution < 1.29 is 4.39 Å². The average Bonchev–Trinajstić information content (AvgIpc) is 2.82. The molecule has 0 aliphatic rings. The predicted molar refractivity (Wildman–Crippen MR) is 82.1 cm³/mol. The van der Waals surface area contributed by atoms with E-state index in [0.717, 1.165) is 35.2 Å². The van der Waals surface area contributed by atoms with Crippen LogP contribution in [-0.4, -0.2) is 16.3 Å². The molecule has 0 spiro atoms. The fraction of sp³-hybridized carbons (Fsp3) is 0.400. The van der Waals surface area contributed by atoms with Gasteiger partial charge in [-0.15, -0.1) is 0 Å². The second-order valence-electron chi connectivity index (χ2n) is 4.63. The van der Waals surface area contributed by atoms with Crippen LogP contribution in [0.25, 0.3) is 0 Å². The van der Waals surface area contributed by atoms with Gasteiger partial charge in [0, 0.05) is 6.54 Å². The third-order valence-electron chi connectivity index (χ3n) is 3.21. The van der Waals surface area contributed by atoms with Crippen LogP contribution in [0.4, 0.5) is 4.39 Å². The minimum Gasteiger partial charge on any atom is -0.305 e. The van der Waals surface area contributed by atoms with Gasteiger partial charge in [-0.25, -0.2) is 4.39 Å². The molecule has 3 nitrogen and oxygen atoms in total. The molecule has 0 aliphatic carbocycles. The Morgan fingerprint density at radius 3 is 2.60 bits per heavy atom. The smallest absolute Gasteiger partial charge is 0.123 e. The zero-order chi connectivity index (χ0) is 14.5. The van der Waals surface area contributed by atoms with E-state index in [1.54, 1.807) is 0 Å². The van der Waals surface area contributed by atoms with Gasteiger partial charge in [0.05, 0.1) is 22.4 Å². The molecule has 20 heavy (non-hydrogen) atoms. The lowest BCUT2D eigenvalue weighted by molar-refractivity contribution is 0.527. The molecule has 0 amide bonds. The van der Waals surface area contributed by atoms with Crippen LogP contribution < -0.4 is 5.32 Å². The predicted octanol–water partition coefficient (Wildman–Crippen LogP) is 3.89. The van der Waals surface area contributed by atoms with Gasteiger partial charge >= 0.3 is 0 Å². The first-order valence-corrected chi connectivity index (χ1v) is 7.66. The molecule has 0 saturated heterocycles. The molecule has 108 valence electrons. The molecule has 0 aliphatic heterocycles. The molecule has 5 heteroatoms. The van der Waals surface area contributed by atoms with Crippen LogP contribution >= 0.6 is 15.9 Å². The van der Waals surface area contributed by atoms with Crippen molar-refractivity contribution in [1.29, 1.82) is 0 Å². The SMILES string of the molecule is CCCNC(c1ccc(F)cc1)c1c(Br)cnn1CC. The Balaban J connectivity index is 2.41. The van der Waals surface area contributed by atoms with E-state index in [2.05, 4.69) is 40.2 Å². The van der Waals surface area contributed by atoms with E-state index in [1.165, 1.54) is 12.1 Å². The summed E-state index contributed by atoms with van der Waals surface area (Å²) in [6, 6.07) is 6.64. The van der Waals surface area contributed by atoms with Gasteiger partial charge < -0.3 is 5.32 Å². The molecular weight excluding hydrogens is 321 g/mol. The summed E-state index contributed by atoms with van der Waals surface area (Å²) >= 11 is 3.56. The van der Waals surface area contributed by atoms with Gasteiger partial charge in [0.25, 0.3) is 0 Å². The van der Waals surface area contributed by atoms with Crippen molar-refractivity contribution in [2.45, 2.75) is 32.9 Å². The zero-order valence-electron chi connectivity index (χ0n) is 11.7. The maximum Gasteiger partial charge on any atom is 0.123 e. The highest BCUT2D eigenvalue weighted by atomic mass is 79.9. The summed E-state index contributed by atoms with van der Waals surface area (Å²) < 4.78 is 16.1. The van der Waals surface area contributed by atoms with Crippen molar-refractivity contribution in [3.05, 3.63) is 52.0 Å². The number of hydrogen-bond acceptors (Lipinski definition) is 2. The largest absolute Gasteiger partial charge is 0.305 e. The van der Waals surface area contributed by atoms with Crippen LogP contribution in [0, 0.1) is 5.82 Å². The minimum absolute atomic E-state index is 0.00683. The van der Waals surface area contributed by atoms with Gasteiger partial charge in [0.2, 0.25) is 0 Å². The fourth-order valence-electron chi connectivity index (χ4n) is 2.23. The quantitative estimate of drug-likeness (QED) is 0.865. The molecule has 0 radical (unpaired) electrons. The minimum atomic E-state index is -0.217. The highest BCUT2D eigenvalue weighted by molar-refractivity contribution is 9.10. The second-order valence-corrected chi connectivity index (χ2v) is 5.49. The van der Waals surface area contributed by atoms with Crippen LogP contribution in [0.15, 0.2) is 34.9 Å². The van der Waals surface area contributed by atoms with Crippen molar-refractivity contribution >= 4 is 15.9 Å². The molecule has 2 aromatic rings. The monoisotopic (exact) mass is 339 g/mol. The van der Waals surface area contributed by atoms with E-state index >= 15 is 0 Å². The Bertz CT molecular complexity index is 551. The summed E-state index contributed by atoms with van der Waals surface area (Å²) in [4.78, 5) is 0. The van der Waals surface area contributed by atoms with E-state index in [9.17, 15) is 4.39 Å². The van der Waals surface area contributed by atoms with Crippen molar-refractivity contribution in [2.24, 2.45) is 0 Å². The number of nitrogens with one attached hydrogen (secondary N) is 1. The highest BCUT2D eigenvalue weighted by Crippen LogP contribution is 2.28. The molecule has 1 unspecified atom stereocenters. The molecule has 1 aromatic heterocycles.